The fraction of sp³-hybridized carbons (Fsp3) is 0.154. The average Bonchev–Trinajstić information content (AvgIpc) is 2.32. The molecule has 0 aliphatic carbocycles. The monoisotopic (exact) mass is 250 g/mol. The zero-order valence-corrected chi connectivity index (χ0v) is 10.1. The Bertz CT molecular complexity index is 529. The van der Waals surface area contributed by atoms with Crippen LogP contribution in [-0.4, -0.2) is 4.98 Å². The van der Waals surface area contributed by atoms with Gasteiger partial charge in [0.2, 0.25) is 0 Å². The van der Waals surface area contributed by atoms with Crippen molar-refractivity contribution in [2.75, 3.05) is 5.32 Å². The Kier molecular flexibility index (Phi) is 3.59. The van der Waals surface area contributed by atoms with Gasteiger partial charge in [0.1, 0.15) is 5.82 Å². The van der Waals surface area contributed by atoms with Crippen molar-refractivity contribution in [3.05, 3.63) is 58.6 Å². The van der Waals surface area contributed by atoms with E-state index >= 15 is 0 Å². The van der Waals surface area contributed by atoms with Gasteiger partial charge in [-0.25, -0.2) is 4.39 Å². The zero-order chi connectivity index (χ0) is 12.3. The topological polar surface area (TPSA) is 24.9 Å². The summed E-state index contributed by atoms with van der Waals surface area (Å²) in [7, 11) is 0. The fourth-order valence-corrected chi connectivity index (χ4v) is 1.63. The molecule has 0 atom stereocenters. The van der Waals surface area contributed by atoms with E-state index < -0.39 is 0 Å². The van der Waals surface area contributed by atoms with Crippen molar-refractivity contribution in [1.29, 1.82) is 0 Å². The first-order valence-electron chi connectivity index (χ1n) is 5.25. The lowest BCUT2D eigenvalue weighted by Crippen LogP contribution is -2.01. The molecule has 2 aromatic rings. The molecule has 0 spiro atoms. The molecule has 0 aliphatic rings. The number of aryl methyl sites for hydroxylation is 1. The minimum Gasteiger partial charge on any atom is -0.381 e. The van der Waals surface area contributed by atoms with Gasteiger partial charge in [-0.05, 0) is 36.2 Å². The van der Waals surface area contributed by atoms with Crippen molar-refractivity contribution >= 4 is 17.3 Å². The third-order valence-electron chi connectivity index (χ3n) is 2.51. The molecule has 0 fully saturated rings. The van der Waals surface area contributed by atoms with Crippen LogP contribution >= 0.6 is 11.6 Å². The van der Waals surface area contributed by atoms with E-state index in [1.165, 1.54) is 6.07 Å². The highest BCUT2D eigenvalue weighted by atomic mass is 35.5. The van der Waals surface area contributed by atoms with E-state index in [4.69, 9.17) is 11.6 Å². The van der Waals surface area contributed by atoms with Gasteiger partial charge in [0.15, 0.2) is 0 Å². The lowest BCUT2D eigenvalue weighted by Gasteiger charge is -2.08. The SMILES string of the molecule is Cc1ccc(NCc2ccncc2Cl)cc1F. The summed E-state index contributed by atoms with van der Waals surface area (Å²) in [4.78, 5) is 3.91. The summed E-state index contributed by atoms with van der Waals surface area (Å²) >= 11 is 5.97. The molecule has 1 aromatic carbocycles. The first-order valence-corrected chi connectivity index (χ1v) is 5.63. The van der Waals surface area contributed by atoms with E-state index in [9.17, 15) is 4.39 Å². The molecule has 1 N–H and O–H groups in total. The minimum absolute atomic E-state index is 0.212. The van der Waals surface area contributed by atoms with Crippen LogP contribution in [0.1, 0.15) is 11.1 Å². The van der Waals surface area contributed by atoms with E-state index in [1.807, 2.05) is 12.1 Å². The molecule has 0 bridgehead atoms. The average molecular weight is 251 g/mol. The van der Waals surface area contributed by atoms with E-state index in [1.54, 1.807) is 25.4 Å². The van der Waals surface area contributed by atoms with Crippen molar-refractivity contribution in [3.63, 3.8) is 0 Å². The summed E-state index contributed by atoms with van der Waals surface area (Å²) < 4.78 is 13.3. The predicted octanol–water partition coefficient (Wildman–Crippen LogP) is 3.79. The molecule has 0 amide bonds. The number of anilines is 1. The molecule has 2 nitrogen and oxygen atoms in total. The standard InChI is InChI=1S/C13H12ClFN2/c1-9-2-3-11(6-13(9)15)17-7-10-4-5-16-8-12(10)14/h2-6,8,17H,7H2,1H3. The van der Waals surface area contributed by atoms with Crippen LogP contribution in [0.5, 0.6) is 0 Å². The number of pyridine rings is 1. The third-order valence-corrected chi connectivity index (χ3v) is 2.85. The maximum Gasteiger partial charge on any atom is 0.128 e. The maximum absolute atomic E-state index is 13.3. The molecule has 1 heterocycles. The first kappa shape index (κ1) is 11.9. The van der Waals surface area contributed by atoms with Gasteiger partial charge >= 0.3 is 0 Å². The number of halogens is 2. The summed E-state index contributed by atoms with van der Waals surface area (Å²) in [6.07, 6.45) is 3.27. The molecular formula is C13H12ClFN2. The van der Waals surface area contributed by atoms with Crippen LogP contribution < -0.4 is 5.32 Å². The number of hydrogen-bond acceptors (Lipinski definition) is 2. The highest BCUT2D eigenvalue weighted by Gasteiger charge is 2.01. The van der Waals surface area contributed by atoms with Crippen molar-refractivity contribution < 1.29 is 4.39 Å². The molecule has 4 heteroatoms. The quantitative estimate of drug-likeness (QED) is 0.896. The fourth-order valence-electron chi connectivity index (χ4n) is 1.45. The number of nitrogens with one attached hydrogen (secondary N) is 1. The molecule has 17 heavy (non-hydrogen) atoms. The van der Waals surface area contributed by atoms with Gasteiger partial charge in [-0.1, -0.05) is 17.7 Å². The molecule has 0 aliphatic heterocycles. The zero-order valence-electron chi connectivity index (χ0n) is 9.37. The molecule has 0 saturated heterocycles. The molecule has 0 saturated carbocycles. The summed E-state index contributed by atoms with van der Waals surface area (Å²) in [6, 6.07) is 6.89. The second-order valence-electron chi connectivity index (χ2n) is 3.78. The normalized spacial score (nSPS) is 10.3. The molecule has 0 radical (unpaired) electrons. The second kappa shape index (κ2) is 5.15. The van der Waals surface area contributed by atoms with Crippen LogP contribution in [0.25, 0.3) is 0 Å². The van der Waals surface area contributed by atoms with E-state index in [-0.39, 0.29) is 5.82 Å². The Morgan fingerprint density at radius 3 is 2.88 bits per heavy atom. The number of benzene rings is 1. The number of nitrogens with zero attached hydrogens (tertiary/aromatic N) is 1. The van der Waals surface area contributed by atoms with Gasteiger partial charge < -0.3 is 5.32 Å². The largest absolute Gasteiger partial charge is 0.381 e. The second-order valence-corrected chi connectivity index (χ2v) is 4.19. The number of aromatic nitrogens is 1. The first-order chi connectivity index (χ1) is 8.16. The molecular weight excluding hydrogens is 239 g/mol. The van der Waals surface area contributed by atoms with Gasteiger partial charge in [0.25, 0.3) is 0 Å². The highest BCUT2D eigenvalue weighted by Crippen LogP contribution is 2.17. The van der Waals surface area contributed by atoms with Crippen molar-refractivity contribution in [1.82, 2.24) is 4.98 Å². The van der Waals surface area contributed by atoms with E-state index in [0.29, 0.717) is 17.1 Å². The lowest BCUT2D eigenvalue weighted by atomic mass is 10.2. The van der Waals surface area contributed by atoms with Gasteiger partial charge in [0.05, 0.1) is 5.02 Å². The predicted molar refractivity (Wildman–Crippen MR) is 67.7 cm³/mol. The smallest absolute Gasteiger partial charge is 0.128 e. The lowest BCUT2D eigenvalue weighted by molar-refractivity contribution is 0.619. The van der Waals surface area contributed by atoms with E-state index in [2.05, 4.69) is 10.3 Å². The molecule has 0 unspecified atom stereocenters. The van der Waals surface area contributed by atoms with Crippen molar-refractivity contribution in [2.45, 2.75) is 13.5 Å². The molecule has 88 valence electrons. The Hall–Kier alpha value is -1.61. The van der Waals surface area contributed by atoms with Gasteiger partial charge in [-0.2, -0.15) is 0 Å². The van der Waals surface area contributed by atoms with Gasteiger partial charge in [-0.3, -0.25) is 4.98 Å². The Labute approximate surface area is 104 Å². The highest BCUT2D eigenvalue weighted by molar-refractivity contribution is 6.31. The molecule has 2 rings (SSSR count). The number of hydrogen-bond donors (Lipinski definition) is 1. The Morgan fingerprint density at radius 2 is 2.18 bits per heavy atom. The third kappa shape index (κ3) is 2.94. The van der Waals surface area contributed by atoms with Crippen molar-refractivity contribution in [2.24, 2.45) is 0 Å². The summed E-state index contributed by atoms with van der Waals surface area (Å²) in [5.41, 5.74) is 2.31. The summed E-state index contributed by atoms with van der Waals surface area (Å²) in [6.45, 7) is 2.28. The molecule has 1 aromatic heterocycles. The van der Waals surface area contributed by atoms with Crippen LogP contribution in [0, 0.1) is 12.7 Å². The van der Waals surface area contributed by atoms with Gasteiger partial charge in [-0.15, -0.1) is 0 Å². The summed E-state index contributed by atoms with van der Waals surface area (Å²) in [5, 5.41) is 3.72. The summed E-state index contributed by atoms with van der Waals surface area (Å²) in [5.74, 6) is -0.212. The number of rotatable bonds is 3. The van der Waals surface area contributed by atoms with Crippen LogP contribution in [0.4, 0.5) is 10.1 Å². The Balaban J connectivity index is 2.08. The minimum atomic E-state index is -0.212. The Morgan fingerprint density at radius 1 is 1.35 bits per heavy atom. The van der Waals surface area contributed by atoms with Crippen molar-refractivity contribution in [3.8, 4) is 0 Å². The van der Waals surface area contributed by atoms with Gasteiger partial charge in [0, 0.05) is 24.6 Å². The van der Waals surface area contributed by atoms with Crippen LogP contribution in [-0.2, 0) is 6.54 Å². The van der Waals surface area contributed by atoms with Crippen LogP contribution in [0.15, 0.2) is 36.7 Å². The maximum atomic E-state index is 13.3. The van der Waals surface area contributed by atoms with Crippen LogP contribution in [0.2, 0.25) is 5.02 Å². The van der Waals surface area contributed by atoms with Crippen LogP contribution in [0.3, 0.4) is 0 Å². The van der Waals surface area contributed by atoms with E-state index in [0.717, 1.165) is 11.3 Å².